The third-order valence-corrected chi connectivity index (χ3v) is 3.43. The van der Waals surface area contributed by atoms with E-state index in [1.165, 1.54) is 7.11 Å². The Morgan fingerprint density at radius 3 is 2.75 bits per heavy atom. The summed E-state index contributed by atoms with van der Waals surface area (Å²) in [6.45, 7) is 0. The molecule has 16 heavy (non-hydrogen) atoms. The zero-order chi connectivity index (χ0) is 11.7. The maximum Gasteiger partial charge on any atom is 0.351 e. The highest BCUT2D eigenvalue weighted by Gasteiger charge is 2.20. The van der Waals surface area contributed by atoms with Gasteiger partial charge in [0, 0.05) is 5.39 Å². The fourth-order valence-electron chi connectivity index (χ4n) is 1.47. The predicted octanol–water partition coefficient (Wildman–Crippen LogP) is 2.40. The summed E-state index contributed by atoms with van der Waals surface area (Å²) in [4.78, 5) is 11.6. The first-order valence-electron chi connectivity index (χ1n) is 4.55. The topological polar surface area (TPSA) is 55.8 Å². The number of benzene rings is 1. The highest BCUT2D eigenvalue weighted by molar-refractivity contribution is 7.21. The van der Waals surface area contributed by atoms with Crippen molar-refractivity contribution in [2.75, 3.05) is 14.2 Å². The van der Waals surface area contributed by atoms with Crippen LogP contribution in [0.25, 0.3) is 10.1 Å². The molecule has 2 aromatic rings. The van der Waals surface area contributed by atoms with Crippen LogP contribution in [0, 0.1) is 0 Å². The molecule has 1 heterocycles. The van der Waals surface area contributed by atoms with Crippen LogP contribution in [0.5, 0.6) is 11.5 Å². The minimum atomic E-state index is -0.541. The molecule has 0 amide bonds. The molecule has 0 unspecified atom stereocenters. The maximum atomic E-state index is 11.4. The van der Waals surface area contributed by atoms with E-state index in [1.807, 2.05) is 0 Å². The number of fused-ring (bicyclic) bond motifs is 1. The smallest absolute Gasteiger partial charge is 0.351 e. The molecule has 0 radical (unpaired) electrons. The second-order valence-corrected chi connectivity index (χ2v) is 4.13. The fourth-order valence-corrected chi connectivity index (χ4v) is 2.58. The van der Waals surface area contributed by atoms with Gasteiger partial charge in [0.05, 0.1) is 18.9 Å². The third kappa shape index (κ3) is 1.49. The molecule has 0 fully saturated rings. The molecule has 5 heteroatoms. The molecule has 1 aromatic heterocycles. The van der Waals surface area contributed by atoms with Crippen LogP contribution >= 0.6 is 11.3 Å². The van der Waals surface area contributed by atoms with Crippen LogP contribution in [-0.4, -0.2) is 25.3 Å². The Hall–Kier alpha value is -1.75. The van der Waals surface area contributed by atoms with E-state index in [2.05, 4.69) is 4.74 Å². The Bertz CT molecular complexity index is 544. The molecule has 0 saturated heterocycles. The van der Waals surface area contributed by atoms with E-state index in [0.29, 0.717) is 11.1 Å². The first-order valence-corrected chi connectivity index (χ1v) is 5.37. The van der Waals surface area contributed by atoms with Crippen LogP contribution in [0.3, 0.4) is 0 Å². The molecule has 0 spiro atoms. The van der Waals surface area contributed by atoms with Crippen molar-refractivity contribution in [3.63, 3.8) is 0 Å². The lowest BCUT2D eigenvalue weighted by Crippen LogP contribution is -1.97. The van der Waals surface area contributed by atoms with Gasteiger partial charge in [-0.2, -0.15) is 0 Å². The van der Waals surface area contributed by atoms with E-state index in [0.717, 1.165) is 16.0 Å². The number of rotatable bonds is 2. The van der Waals surface area contributed by atoms with Crippen LogP contribution in [0.2, 0.25) is 0 Å². The average Bonchev–Trinajstić information content (AvgIpc) is 2.66. The maximum absolute atomic E-state index is 11.4. The molecule has 1 aromatic carbocycles. The Morgan fingerprint density at radius 1 is 1.38 bits per heavy atom. The number of esters is 1. The molecule has 84 valence electrons. The Morgan fingerprint density at radius 2 is 2.12 bits per heavy atom. The molecule has 0 saturated carbocycles. The second kappa shape index (κ2) is 4.02. The van der Waals surface area contributed by atoms with Gasteiger partial charge in [-0.3, -0.25) is 0 Å². The molecule has 4 nitrogen and oxygen atoms in total. The Balaban J connectivity index is 2.72. The summed E-state index contributed by atoms with van der Waals surface area (Å²) < 4.78 is 10.5. The summed E-state index contributed by atoms with van der Waals surface area (Å²) in [6.07, 6.45) is 0. The largest absolute Gasteiger partial charge is 0.505 e. The SMILES string of the molecule is COC(=O)c1sc2c(OC)cccc2c1O. The van der Waals surface area contributed by atoms with Gasteiger partial charge in [-0.1, -0.05) is 6.07 Å². The summed E-state index contributed by atoms with van der Waals surface area (Å²) in [5.41, 5.74) is 0. The van der Waals surface area contributed by atoms with Crippen molar-refractivity contribution in [1.82, 2.24) is 0 Å². The number of methoxy groups -OCH3 is 2. The molecular weight excluding hydrogens is 228 g/mol. The number of carbonyl (C=O) groups is 1. The molecule has 1 N–H and O–H groups in total. The van der Waals surface area contributed by atoms with Gasteiger partial charge in [0.15, 0.2) is 4.88 Å². The van der Waals surface area contributed by atoms with Crippen molar-refractivity contribution in [2.24, 2.45) is 0 Å². The fraction of sp³-hybridized carbons (Fsp3) is 0.182. The molecular formula is C11H10O4S. The van der Waals surface area contributed by atoms with Gasteiger partial charge in [-0.05, 0) is 12.1 Å². The number of hydrogen-bond acceptors (Lipinski definition) is 5. The zero-order valence-corrected chi connectivity index (χ0v) is 9.63. The third-order valence-electron chi connectivity index (χ3n) is 2.24. The van der Waals surface area contributed by atoms with Gasteiger partial charge < -0.3 is 14.6 Å². The van der Waals surface area contributed by atoms with Crippen LogP contribution in [0.4, 0.5) is 0 Å². The van der Waals surface area contributed by atoms with Crippen LogP contribution in [0.1, 0.15) is 9.67 Å². The Labute approximate surface area is 96.0 Å². The lowest BCUT2D eigenvalue weighted by Gasteiger charge is -1.99. The number of ether oxygens (including phenoxy) is 2. The highest BCUT2D eigenvalue weighted by Crippen LogP contribution is 2.41. The van der Waals surface area contributed by atoms with Crippen molar-refractivity contribution in [2.45, 2.75) is 0 Å². The molecule has 0 aliphatic carbocycles. The van der Waals surface area contributed by atoms with Gasteiger partial charge in [-0.25, -0.2) is 4.79 Å². The number of hydrogen-bond donors (Lipinski definition) is 1. The van der Waals surface area contributed by atoms with Crippen LogP contribution in [0.15, 0.2) is 18.2 Å². The van der Waals surface area contributed by atoms with Gasteiger partial charge in [0.25, 0.3) is 0 Å². The molecule has 2 rings (SSSR count). The number of carbonyl (C=O) groups excluding carboxylic acids is 1. The second-order valence-electron chi connectivity index (χ2n) is 3.11. The van der Waals surface area contributed by atoms with E-state index in [4.69, 9.17) is 4.74 Å². The van der Waals surface area contributed by atoms with Gasteiger partial charge in [-0.15, -0.1) is 11.3 Å². The van der Waals surface area contributed by atoms with Crippen LogP contribution in [-0.2, 0) is 4.74 Å². The van der Waals surface area contributed by atoms with E-state index < -0.39 is 5.97 Å². The summed E-state index contributed by atoms with van der Waals surface area (Å²) >= 11 is 1.16. The van der Waals surface area contributed by atoms with E-state index in [-0.39, 0.29) is 10.6 Å². The zero-order valence-electron chi connectivity index (χ0n) is 8.81. The lowest BCUT2D eigenvalue weighted by atomic mass is 10.2. The normalized spacial score (nSPS) is 10.4. The number of thiophene rings is 1. The first-order chi connectivity index (χ1) is 7.69. The minimum absolute atomic E-state index is 0.0502. The standard InChI is InChI=1S/C11H10O4S/c1-14-7-5-3-4-6-8(12)10(11(13)15-2)16-9(6)7/h3-5,12H,1-2H3. The predicted molar refractivity (Wildman–Crippen MR) is 61.4 cm³/mol. The van der Waals surface area contributed by atoms with Gasteiger partial charge in [0.2, 0.25) is 0 Å². The molecule has 0 bridgehead atoms. The van der Waals surface area contributed by atoms with E-state index in [1.54, 1.807) is 25.3 Å². The minimum Gasteiger partial charge on any atom is -0.505 e. The van der Waals surface area contributed by atoms with E-state index >= 15 is 0 Å². The van der Waals surface area contributed by atoms with Crippen molar-refractivity contribution >= 4 is 27.4 Å². The molecule has 0 aliphatic rings. The first kappa shape index (κ1) is 10.8. The summed E-state index contributed by atoms with van der Waals surface area (Å²) in [5, 5.41) is 10.5. The Kier molecular flexibility index (Phi) is 2.70. The lowest BCUT2D eigenvalue weighted by molar-refractivity contribution is 0.0603. The van der Waals surface area contributed by atoms with Gasteiger partial charge in [0.1, 0.15) is 11.5 Å². The summed E-state index contributed by atoms with van der Waals surface area (Å²) in [6, 6.07) is 5.27. The summed E-state index contributed by atoms with van der Waals surface area (Å²) in [7, 11) is 2.83. The number of aromatic hydroxyl groups is 1. The van der Waals surface area contributed by atoms with Crippen molar-refractivity contribution in [3.05, 3.63) is 23.1 Å². The highest BCUT2D eigenvalue weighted by atomic mass is 32.1. The monoisotopic (exact) mass is 238 g/mol. The van der Waals surface area contributed by atoms with Crippen molar-refractivity contribution in [3.8, 4) is 11.5 Å². The van der Waals surface area contributed by atoms with Crippen molar-refractivity contribution in [1.29, 1.82) is 0 Å². The quantitative estimate of drug-likeness (QED) is 0.816. The van der Waals surface area contributed by atoms with Gasteiger partial charge >= 0.3 is 5.97 Å². The summed E-state index contributed by atoms with van der Waals surface area (Å²) in [5.74, 6) is 0.0412. The molecule has 0 aliphatic heterocycles. The van der Waals surface area contributed by atoms with E-state index in [9.17, 15) is 9.90 Å². The van der Waals surface area contributed by atoms with Crippen molar-refractivity contribution < 1.29 is 19.4 Å². The van der Waals surface area contributed by atoms with Crippen LogP contribution < -0.4 is 4.74 Å². The average molecular weight is 238 g/mol. The molecule has 0 atom stereocenters.